The fourth-order valence-corrected chi connectivity index (χ4v) is 3.86. The molecule has 0 heterocycles. The van der Waals surface area contributed by atoms with E-state index in [0.717, 1.165) is 5.56 Å². The summed E-state index contributed by atoms with van der Waals surface area (Å²) in [5, 5.41) is 2.82. The molecule has 152 valence electrons. The number of carbonyl (C=O) groups excluding carboxylic acids is 1. The summed E-state index contributed by atoms with van der Waals surface area (Å²) in [5.41, 5.74) is 1.50. The molecule has 0 unspecified atom stereocenters. The second kappa shape index (κ2) is 9.57. The van der Waals surface area contributed by atoms with Crippen LogP contribution >= 0.6 is 0 Å². The summed E-state index contributed by atoms with van der Waals surface area (Å²) < 4.78 is 37.2. The maximum absolute atomic E-state index is 12.2. The first-order chi connectivity index (χ1) is 13.2. The van der Waals surface area contributed by atoms with Gasteiger partial charge in [-0.1, -0.05) is 12.1 Å². The van der Waals surface area contributed by atoms with Crippen LogP contribution in [-0.4, -0.2) is 34.6 Å². The molecule has 1 amide bonds. The predicted molar refractivity (Wildman–Crippen MR) is 108 cm³/mol. The molecule has 0 spiro atoms. The molecule has 0 atom stereocenters. The van der Waals surface area contributed by atoms with Gasteiger partial charge in [0.05, 0.1) is 19.1 Å². The molecule has 2 aromatic rings. The second-order valence-corrected chi connectivity index (χ2v) is 8.25. The topological polar surface area (TPSA) is 93.7 Å². The molecule has 0 fully saturated rings. The molecular formula is C20H26N2O5S. The SMILES string of the molecule is COc1ccc(NC(=O)CCc2ccc(S(=O)(=O)NC(C)C)cc2)cc1OC. The van der Waals surface area contributed by atoms with Gasteiger partial charge in [0, 0.05) is 24.2 Å². The normalized spacial score (nSPS) is 11.3. The van der Waals surface area contributed by atoms with Crippen LogP contribution in [-0.2, 0) is 21.2 Å². The molecule has 7 nitrogen and oxygen atoms in total. The minimum Gasteiger partial charge on any atom is -0.493 e. The summed E-state index contributed by atoms with van der Waals surface area (Å²) in [5.74, 6) is 0.972. The number of hydrogen-bond donors (Lipinski definition) is 2. The van der Waals surface area contributed by atoms with Crippen LogP contribution in [0.4, 0.5) is 5.69 Å². The largest absolute Gasteiger partial charge is 0.493 e. The number of anilines is 1. The molecule has 0 aliphatic heterocycles. The predicted octanol–water partition coefficient (Wildman–Crippen LogP) is 2.96. The number of carbonyl (C=O) groups is 1. The quantitative estimate of drug-likeness (QED) is 0.668. The van der Waals surface area contributed by atoms with Gasteiger partial charge < -0.3 is 14.8 Å². The number of aryl methyl sites for hydroxylation is 1. The van der Waals surface area contributed by atoms with Gasteiger partial charge in [-0.3, -0.25) is 4.79 Å². The van der Waals surface area contributed by atoms with Crippen molar-refractivity contribution in [1.82, 2.24) is 4.72 Å². The Labute approximate surface area is 166 Å². The Morgan fingerprint density at radius 2 is 1.64 bits per heavy atom. The Hall–Kier alpha value is -2.58. The van der Waals surface area contributed by atoms with Gasteiger partial charge in [-0.25, -0.2) is 13.1 Å². The van der Waals surface area contributed by atoms with Gasteiger partial charge in [-0.2, -0.15) is 0 Å². The molecule has 0 saturated carbocycles. The van der Waals surface area contributed by atoms with Crippen LogP contribution in [0.5, 0.6) is 11.5 Å². The summed E-state index contributed by atoms with van der Waals surface area (Å²) in [6.07, 6.45) is 0.766. The minimum absolute atomic E-state index is 0.148. The van der Waals surface area contributed by atoms with Gasteiger partial charge >= 0.3 is 0 Å². The molecule has 0 bridgehead atoms. The van der Waals surface area contributed by atoms with Crippen molar-refractivity contribution in [3.05, 3.63) is 48.0 Å². The molecule has 0 radical (unpaired) electrons. The van der Waals surface area contributed by atoms with Crippen LogP contribution in [0.25, 0.3) is 0 Å². The van der Waals surface area contributed by atoms with Crippen LogP contribution in [0.3, 0.4) is 0 Å². The van der Waals surface area contributed by atoms with E-state index in [2.05, 4.69) is 10.0 Å². The van der Waals surface area contributed by atoms with E-state index in [4.69, 9.17) is 9.47 Å². The number of ether oxygens (including phenoxy) is 2. The zero-order valence-electron chi connectivity index (χ0n) is 16.5. The number of hydrogen-bond acceptors (Lipinski definition) is 5. The monoisotopic (exact) mass is 406 g/mol. The van der Waals surface area contributed by atoms with E-state index in [1.807, 2.05) is 0 Å². The van der Waals surface area contributed by atoms with Crippen LogP contribution < -0.4 is 19.5 Å². The van der Waals surface area contributed by atoms with Gasteiger partial charge in [-0.05, 0) is 50.1 Å². The first kappa shape index (κ1) is 21.7. The van der Waals surface area contributed by atoms with Crippen LogP contribution in [0.15, 0.2) is 47.4 Å². The van der Waals surface area contributed by atoms with Gasteiger partial charge in [0.25, 0.3) is 0 Å². The number of amides is 1. The van der Waals surface area contributed by atoms with Gasteiger partial charge in [0.1, 0.15) is 0 Å². The third-order valence-electron chi connectivity index (χ3n) is 3.93. The van der Waals surface area contributed by atoms with Gasteiger partial charge in [0.15, 0.2) is 11.5 Å². The van der Waals surface area contributed by atoms with E-state index in [1.165, 1.54) is 7.11 Å². The van der Waals surface area contributed by atoms with Crippen molar-refractivity contribution in [2.75, 3.05) is 19.5 Å². The zero-order valence-corrected chi connectivity index (χ0v) is 17.3. The standard InChI is InChI=1S/C20H26N2O5S/c1-14(2)22-28(24,25)17-9-5-15(6-10-17)7-12-20(23)21-16-8-11-18(26-3)19(13-16)27-4/h5-6,8-11,13-14,22H,7,12H2,1-4H3,(H,21,23). The molecule has 0 aliphatic rings. The molecule has 2 N–H and O–H groups in total. The first-order valence-corrected chi connectivity index (χ1v) is 10.4. The molecule has 8 heteroatoms. The average molecular weight is 407 g/mol. The number of methoxy groups -OCH3 is 2. The molecule has 2 aromatic carbocycles. The Morgan fingerprint density at radius 1 is 1.00 bits per heavy atom. The van der Waals surface area contributed by atoms with Crippen molar-refractivity contribution >= 4 is 21.6 Å². The fourth-order valence-electron chi connectivity index (χ4n) is 2.61. The Bertz CT molecular complexity index is 909. The lowest BCUT2D eigenvalue weighted by Gasteiger charge is -2.11. The van der Waals surface area contributed by atoms with E-state index < -0.39 is 10.0 Å². The number of rotatable bonds is 9. The minimum atomic E-state index is -3.51. The summed E-state index contributed by atoms with van der Waals surface area (Å²) in [6, 6.07) is 11.5. The summed E-state index contributed by atoms with van der Waals surface area (Å²) in [4.78, 5) is 12.4. The van der Waals surface area contributed by atoms with Crippen molar-refractivity contribution in [2.24, 2.45) is 0 Å². The van der Waals surface area contributed by atoms with Crippen LogP contribution in [0.2, 0.25) is 0 Å². The van der Waals surface area contributed by atoms with Crippen molar-refractivity contribution in [1.29, 1.82) is 0 Å². The highest BCUT2D eigenvalue weighted by molar-refractivity contribution is 7.89. The highest BCUT2D eigenvalue weighted by Gasteiger charge is 2.15. The Morgan fingerprint density at radius 3 is 2.21 bits per heavy atom. The number of sulfonamides is 1. The molecule has 0 saturated heterocycles. The molecular weight excluding hydrogens is 380 g/mol. The molecule has 28 heavy (non-hydrogen) atoms. The maximum atomic E-state index is 12.2. The highest BCUT2D eigenvalue weighted by atomic mass is 32.2. The van der Waals surface area contributed by atoms with Crippen molar-refractivity contribution in [2.45, 2.75) is 37.6 Å². The maximum Gasteiger partial charge on any atom is 0.240 e. The van der Waals surface area contributed by atoms with Gasteiger partial charge in [0.2, 0.25) is 15.9 Å². The molecule has 2 rings (SSSR count). The van der Waals surface area contributed by atoms with Crippen LogP contribution in [0.1, 0.15) is 25.8 Å². The Kier molecular flexibility index (Phi) is 7.42. The number of nitrogens with one attached hydrogen (secondary N) is 2. The third-order valence-corrected chi connectivity index (χ3v) is 5.61. The lowest BCUT2D eigenvalue weighted by molar-refractivity contribution is -0.116. The average Bonchev–Trinajstić information content (AvgIpc) is 2.65. The number of benzene rings is 2. The van der Waals surface area contributed by atoms with Crippen molar-refractivity contribution in [3.63, 3.8) is 0 Å². The van der Waals surface area contributed by atoms with E-state index >= 15 is 0 Å². The van der Waals surface area contributed by atoms with Gasteiger partial charge in [-0.15, -0.1) is 0 Å². The fraction of sp³-hybridized carbons (Fsp3) is 0.350. The molecule has 0 aliphatic carbocycles. The lowest BCUT2D eigenvalue weighted by Crippen LogP contribution is -2.30. The lowest BCUT2D eigenvalue weighted by atomic mass is 10.1. The van der Waals surface area contributed by atoms with E-state index in [0.29, 0.717) is 23.6 Å². The molecule has 0 aromatic heterocycles. The summed E-state index contributed by atoms with van der Waals surface area (Å²) >= 11 is 0. The third kappa shape index (κ3) is 5.97. The van der Waals surface area contributed by atoms with Crippen LogP contribution in [0, 0.1) is 0 Å². The smallest absolute Gasteiger partial charge is 0.240 e. The second-order valence-electron chi connectivity index (χ2n) is 6.54. The highest BCUT2D eigenvalue weighted by Crippen LogP contribution is 2.29. The van der Waals surface area contributed by atoms with E-state index in [9.17, 15) is 13.2 Å². The van der Waals surface area contributed by atoms with Crippen molar-refractivity contribution in [3.8, 4) is 11.5 Å². The summed E-state index contributed by atoms with van der Waals surface area (Å²) in [6.45, 7) is 3.53. The zero-order chi connectivity index (χ0) is 20.7. The van der Waals surface area contributed by atoms with E-state index in [1.54, 1.807) is 63.4 Å². The van der Waals surface area contributed by atoms with E-state index in [-0.39, 0.29) is 23.3 Å². The summed E-state index contributed by atoms with van der Waals surface area (Å²) in [7, 11) is -0.433. The first-order valence-electron chi connectivity index (χ1n) is 8.88. The Balaban J connectivity index is 1.94. The van der Waals surface area contributed by atoms with Crippen molar-refractivity contribution < 1.29 is 22.7 Å².